The molecule has 0 spiro atoms. The fourth-order valence-corrected chi connectivity index (χ4v) is 3.19. The molecule has 0 aliphatic carbocycles. The molecule has 1 aliphatic heterocycles. The summed E-state index contributed by atoms with van der Waals surface area (Å²) in [7, 11) is 0. The Morgan fingerprint density at radius 2 is 1.87 bits per heavy atom. The van der Waals surface area contributed by atoms with Gasteiger partial charge in [-0.1, -0.05) is 70.2 Å². The number of halogens is 1. The van der Waals surface area contributed by atoms with E-state index in [1.165, 1.54) is 11.8 Å². The average molecular weight is 388 g/mol. The molecule has 1 amide bonds. The molecule has 4 nitrogen and oxygen atoms in total. The summed E-state index contributed by atoms with van der Waals surface area (Å²) in [5, 5.41) is 8.97. The van der Waals surface area contributed by atoms with Crippen LogP contribution in [0.3, 0.4) is 0 Å². The van der Waals surface area contributed by atoms with E-state index in [1.807, 2.05) is 54.6 Å². The van der Waals surface area contributed by atoms with Gasteiger partial charge in [0, 0.05) is 4.47 Å². The lowest BCUT2D eigenvalue weighted by atomic mass is 10.2. The van der Waals surface area contributed by atoms with Crippen molar-refractivity contribution in [3.05, 3.63) is 70.2 Å². The van der Waals surface area contributed by atoms with Crippen LogP contribution < -0.4 is 0 Å². The van der Waals surface area contributed by atoms with E-state index in [0.29, 0.717) is 17.5 Å². The molecule has 0 radical (unpaired) electrons. The van der Waals surface area contributed by atoms with Crippen molar-refractivity contribution in [1.82, 2.24) is 4.90 Å². The quantitative estimate of drug-likeness (QED) is 0.589. The van der Waals surface area contributed by atoms with Crippen LogP contribution in [0, 0.1) is 0 Å². The van der Waals surface area contributed by atoms with Crippen LogP contribution in [0.2, 0.25) is 0 Å². The van der Waals surface area contributed by atoms with Crippen molar-refractivity contribution in [2.75, 3.05) is 5.75 Å². The van der Waals surface area contributed by atoms with E-state index in [2.05, 4.69) is 26.1 Å². The minimum absolute atomic E-state index is 0.0662. The number of amidine groups is 1. The van der Waals surface area contributed by atoms with E-state index >= 15 is 0 Å². The second kappa shape index (κ2) is 7.57. The molecule has 0 unspecified atom stereocenters. The molecule has 2 aromatic rings. The molecule has 6 heteroatoms. The number of thioether (sulfide) groups is 1. The Morgan fingerprint density at radius 1 is 1.13 bits per heavy atom. The van der Waals surface area contributed by atoms with Crippen molar-refractivity contribution in [2.45, 2.75) is 6.54 Å². The van der Waals surface area contributed by atoms with Crippen LogP contribution in [0.4, 0.5) is 0 Å². The van der Waals surface area contributed by atoms with Crippen LogP contribution in [0.25, 0.3) is 0 Å². The Labute approximate surface area is 147 Å². The Hall–Kier alpha value is -1.92. The summed E-state index contributed by atoms with van der Waals surface area (Å²) in [5.74, 6) is 0.482. The minimum Gasteiger partial charge on any atom is -0.285 e. The van der Waals surface area contributed by atoms with Gasteiger partial charge in [-0.05, 0) is 23.3 Å². The van der Waals surface area contributed by atoms with Gasteiger partial charge in [0.05, 0.1) is 18.5 Å². The molecule has 1 fully saturated rings. The smallest absolute Gasteiger partial charge is 0.239 e. The lowest BCUT2D eigenvalue weighted by molar-refractivity contribution is -0.124. The van der Waals surface area contributed by atoms with Crippen molar-refractivity contribution in [3.8, 4) is 0 Å². The third kappa shape index (κ3) is 4.30. The van der Waals surface area contributed by atoms with Gasteiger partial charge in [-0.3, -0.25) is 9.69 Å². The van der Waals surface area contributed by atoms with E-state index in [4.69, 9.17) is 0 Å². The maximum Gasteiger partial charge on any atom is 0.239 e. The molecule has 0 saturated carbocycles. The van der Waals surface area contributed by atoms with Crippen molar-refractivity contribution < 1.29 is 4.79 Å². The molecule has 0 atom stereocenters. The standard InChI is InChI=1S/C17H14BrN3OS/c18-15-8-6-13(7-9-15)10-19-20-17-21(16(22)12-23-17)11-14-4-2-1-3-5-14/h1-10H,11-12H2/b19-10-,20-17+. The Bertz CT molecular complexity index is 744. The van der Waals surface area contributed by atoms with E-state index < -0.39 is 0 Å². The molecule has 1 heterocycles. The Kier molecular flexibility index (Phi) is 5.25. The maximum atomic E-state index is 12.0. The number of nitrogens with zero attached hydrogens (tertiary/aromatic N) is 3. The van der Waals surface area contributed by atoms with Gasteiger partial charge in [0.2, 0.25) is 5.91 Å². The van der Waals surface area contributed by atoms with Crippen LogP contribution in [0.15, 0.2) is 69.3 Å². The number of hydrogen-bond donors (Lipinski definition) is 0. The molecule has 116 valence electrons. The summed E-state index contributed by atoms with van der Waals surface area (Å²) >= 11 is 4.81. The predicted molar refractivity (Wildman–Crippen MR) is 98.6 cm³/mol. The van der Waals surface area contributed by atoms with Crippen LogP contribution in [0.1, 0.15) is 11.1 Å². The summed E-state index contributed by atoms with van der Waals surface area (Å²) in [6.07, 6.45) is 1.68. The Balaban J connectivity index is 1.72. The number of rotatable bonds is 4. The zero-order chi connectivity index (χ0) is 16.1. The van der Waals surface area contributed by atoms with Gasteiger partial charge in [-0.15, -0.1) is 5.10 Å². The average Bonchev–Trinajstić information content (AvgIpc) is 2.91. The van der Waals surface area contributed by atoms with Gasteiger partial charge in [-0.2, -0.15) is 5.10 Å². The molecule has 1 aliphatic rings. The van der Waals surface area contributed by atoms with Gasteiger partial charge in [0.15, 0.2) is 5.17 Å². The third-order valence-corrected chi connectivity index (χ3v) is 4.74. The van der Waals surface area contributed by atoms with Gasteiger partial charge in [-0.25, -0.2) is 0 Å². The normalized spacial score (nSPS) is 16.7. The van der Waals surface area contributed by atoms with E-state index in [1.54, 1.807) is 11.1 Å². The third-order valence-electron chi connectivity index (χ3n) is 3.26. The van der Waals surface area contributed by atoms with E-state index in [-0.39, 0.29) is 5.91 Å². The predicted octanol–water partition coefficient (Wildman–Crippen LogP) is 3.91. The highest BCUT2D eigenvalue weighted by Gasteiger charge is 2.28. The summed E-state index contributed by atoms with van der Waals surface area (Å²) in [4.78, 5) is 13.7. The second-order valence-electron chi connectivity index (χ2n) is 4.93. The number of amides is 1. The Morgan fingerprint density at radius 3 is 2.61 bits per heavy atom. The molecule has 0 N–H and O–H groups in total. The SMILES string of the molecule is O=C1CS/C(=N/N=C\c2ccc(Br)cc2)N1Cc1ccccc1. The monoisotopic (exact) mass is 387 g/mol. The molecule has 1 saturated heterocycles. The number of benzene rings is 2. The molecule has 3 rings (SSSR count). The fourth-order valence-electron chi connectivity index (χ4n) is 2.09. The number of carbonyl (C=O) groups is 1. The first kappa shape index (κ1) is 16.0. The number of carbonyl (C=O) groups excluding carboxylic acids is 1. The van der Waals surface area contributed by atoms with Crippen LogP contribution >= 0.6 is 27.7 Å². The van der Waals surface area contributed by atoms with Gasteiger partial charge in [0.25, 0.3) is 0 Å². The van der Waals surface area contributed by atoms with Crippen molar-refractivity contribution in [3.63, 3.8) is 0 Å². The van der Waals surface area contributed by atoms with Crippen molar-refractivity contribution in [2.24, 2.45) is 10.2 Å². The summed E-state index contributed by atoms with van der Waals surface area (Å²) in [6.45, 7) is 0.527. The first-order valence-electron chi connectivity index (χ1n) is 7.06. The van der Waals surface area contributed by atoms with Crippen LogP contribution in [0.5, 0.6) is 0 Å². The van der Waals surface area contributed by atoms with E-state index in [0.717, 1.165) is 15.6 Å². The zero-order valence-electron chi connectivity index (χ0n) is 12.2. The first-order valence-corrected chi connectivity index (χ1v) is 8.84. The highest BCUT2D eigenvalue weighted by atomic mass is 79.9. The number of hydrogen-bond acceptors (Lipinski definition) is 4. The maximum absolute atomic E-state index is 12.0. The largest absolute Gasteiger partial charge is 0.285 e. The van der Waals surface area contributed by atoms with Gasteiger partial charge >= 0.3 is 0 Å². The first-order chi connectivity index (χ1) is 11.2. The summed E-state index contributed by atoms with van der Waals surface area (Å²) in [5.41, 5.74) is 2.04. The molecule has 0 bridgehead atoms. The summed E-state index contributed by atoms with van der Waals surface area (Å²) < 4.78 is 1.02. The highest BCUT2D eigenvalue weighted by Crippen LogP contribution is 2.22. The van der Waals surface area contributed by atoms with E-state index in [9.17, 15) is 4.79 Å². The molecule has 2 aromatic carbocycles. The second-order valence-corrected chi connectivity index (χ2v) is 6.79. The zero-order valence-corrected chi connectivity index (χ0v) is 14.6. The van der Waals surface area contributed by atoms with Crippen molar-refractivity contribution >= 4 is 45.0 Å². The van der Waals surface area contributed by atoms with Gasteiger partial charge in [0.1, 0.15) is 0 Å². The fraction of sp³-hybridized carbons (Fsp3) is 0.118. The molecular formula is C17H14BrN3OS. The topological polar surface area (TPSA) is 45.0 Å². The van der Waals surface area contributed by atoms with Crippen molar-refractivity contribution in [1.29, 1.82) is 0 Å². The summed E-state index contributed by atoms with van der Waals surface area (Å²) in [6, 6.07) is 17.7. The highest BCUT2D eigenvalue weighted by molar-refractivity contribution is 9.10. The van der Waals surface area contributed by atoms with Crippen LogP contribution in [-0.4, -0.2) is 27.9 Å². The molecular weight excluding hydrogens is 374 g/mol. The lowest BCUT2D eigenvalue weighted by Crippen LogP contribution is -2.28. The van der Waals surface area contributed by atoms with Gasteiger partial charge < -0.3 is 0 Å². The molecule has 0 aromatic heterocycles. The lowest BCUT2D eigenvalue weighted by Gasteiger charge is -2.14. The molecule has 23 heavy (non-hydrogen) atoms. The minimum atomic E-state index is 0.0662. The van der Waals surface area contributed by atoms with Crippen LogP contribution in [-0.2, 0) is 11.3 Å².